The Morgan fingerprint density at radius 1 is 1.50 bits per heavy atom. The summed E-state index contributed by atoms with van der Waals surface area (Å²) in [5.74, 6) is 1.65. The molecule has 0 amide bonds. The predicted octanol–water partition coefficient (Wildman–Crippen LogP) is 2.34. The van der Waals surface area contributed by atoms with Crippen LogP contribution < -0.4 is 5.73 Å². The Labute approximate surface area is 103 Å². The molecule has 1 aromatic carbocycles. The fourth-order valence-corrected chi connectivity index (χ4v) is 2.35. The van der Waals surface area contributed by atoms with Crippen molar-refractivity contribution in [1.82, 2.24) is 14.8 Å². The van der Waals surface area contributed by atoms with Crippen LogP contribution in [0.5, 0.6) is 0 Å². The van der Waals surface area contributed by atoms with E-state index in [1.165, 1.54) is 0 Å². The van der Waals surface area contributed by atoms with Gasteiger partial charge in [-0.1, -0.05) is 11.6 Å². The van der Waals surface area contributed by atoms with Gasteiger partial charge in [-0.15, -0.1) is 22.0 Å². The van der Waals surface area contributed by atoms with E-state index in [0.29, 0.717) is 10.7 Å². The standard InChI is InChI=1S/C10H11ClN4S/c1-15-6-13-14-10(15)5-16-9-3-2-7(11)4-8(9)12/h2-4,6H,5,12H2,1H3. The molecule has 0 saturated heterocycles. The van der Waals surface area contributed by atoms with E-state index in [9.17, 15) is 0 Å². The van der Waals surface area contributed by atoms with Gasteiger partial charge in [-0.2, -0.15) is 0 Å². The molecule has 2 N–H and O–H groups in total. The molecule has 0 saturated carbocycles. The van der Waals surface area contributed by atoms with Crippen LogP contribution in [0, 0.1) is 0 Å². The highest BCUT2D eigenvalue weighted by molar-refractivity contribution is 7.98. The number of aromatic nitrogens is 3. The Balaban J connectivity index is 2.08. The lowest BCUT2D eigenvalue weighted by atomic mass is 10.3. The van der Waals surface area contributed by atoms with Gasteiger partial charge in [-0.3, -0.25) is 0 Å². The molecule has 1 heterocycles. The molecule has 0 fully saturated rings. The van der Waals surface area contributed by atoms with E-state index in [-0.39, 0.29) is 0 Å². The molecule has 0 aliphatic heterocycles. The van der Waals surface area contributed by atoms with Gasteiger partial charge < -0.3 is 10.3 Å². The average molecular weight is 255 g/mol. The Bertz CT molecular complexity index is 497. The van der Waals surface area contributed by atoms with Crippen molar-refractivity contribution >= 4 is 29.1 Å². The molecule has 1 aromatic heterocycles. The maximum absolute atomic E-state index is 5.85. The maximum Gasteiger partial charge on any atom is 0.142 e. The second-order valence-electron chi connectivity index (χ2n) is 3.33. The van der Waals surface area contributed by atoms with Crippen molar-refractivity contribution in [2.24, 2.45) is 7.05 Å². The van der Waals surface area contributed by atoms with Gasteiger partial charge in [-0.05, 0) is 18.2 Å². The number of nitrogen functional groups attached to an aromatic ring is 1. The number of rotatable bonds is 3. The summed E-state index contributed by atoms with van der Waals surface area (Å²) in [5.41, 5.74) is 6.54. The van der Waals surface area contributed by atoms with E-state index in [1.54, 1.807) is 24.2 Å². The molecule has 16 heavy (non-hydrogen) atoms. The Hall–Kier alpha value is -1.20. The van der Waals surface area contributed by atoms with Gasteiger partial charge in [0.1, 0.15) is 12.2 Å². The van der Waals surface area contributed by atoms with Crippen LogP contribution in [0.4, 0.5) is 5.69 Å². The fourth-order valence-electron chi connectivity index (χ4n) is 1.23. The zero-order valence-corrected chi connectivity index (χ0v) is 10.3. The molecule has 2 aromatic rings. The van der Waals surface area contributed by atoms with E-state index in [0.717, 1.165) is 16.5 Å². The van der Waals surface area contributed by atoms with E-state index in [2.05, 4.69) is 10.2 Å². The van der Waals surface area contributed by atoms with Crippen molar-refractivity contribution in [2.45, 2.75) is 10.6 Å². The zero-order valence-electron chi connectivity index (χ0n) is 8.72. The largest absolute Gasteiger partial charge is 0.398 e. The molecule has 0 atom stereocenters. The van der Waals surface area contributed by atoms with Gasteiger partial charge in [-0.25, -0.2) is 0 Å². The molecule has 84 valence electrons. The van der Waals surface area contributed by atoms with Gasteiger partial charge in [0.25, 0.3) is 0 Å². The summed E-state index contributed by atoms with van der Waals surface area (Å²) >= 11 is 7.45. The number of nitrogens with two attached hydrogens (primary N) is 1. The molecule has 0 radical (unpaired) electrons. The summed E-state index contributed by atoms with van der Waals surface area (Å²) in [4.78, 5) is 1.01. The van der Waals surface area contributed by atoms with Crippen molar-refractivity contribution in [3.05, 3.63) is 35.4 Å². The summed E-state index contributed by atoms with van der Waals surface area (Å²) < 4.78 is 1.89. The summed E-state index contributed by atoms with van der Waals surface area (Å²) in [7, 11) is 1.92. The van der Waals surface area contributed by atoms with Crippen LogP contribution in [0.15, 0.2) is 29.4 Å². The number of anilines is 1. The third kappa shape index (κ3) is 2.48. The molecule has 0 aliphatic rings. The third-order valence-corrected chi connectivity index (χ3v) is 3.45. The van der Waals surface area contributed by atoms with Gasteiger partial charge in [0.05, 0.1) is 5.75 Å². The minimum atomic E-state index is 0.653. The third-order valence-electron chi connectivity index (χ3n) is 2.13. The number of hydrogen-bond acceptors (Lipinski definition) is 4. The molecule has 6 heteroatoms. The van der Waals surface area contributed by atoms with Crippen molar-refractivity contribution in [3.63, 3.8) is 0 Å². The normalized spacial score (nSPS) is 10.6. The SMILES string of the molecule is Cn1cnnc1CSc1ccc(Cl)cc1N. The maximum atomic E-state index is 5.85. The Morgan fingerprint density at radius 3 is 2.94 bits per heavy atom. The fraction of sp³-hybridized carbons (Fsp3) is 0.200. The first-order valence-electron chi connectivity index (χ1n) is 4.67. The molecule has 2 rings (SSSR count). The molecular formula is C10H11ClN4S. The summed E-state index contributed by atoms with van der Waals surface area (Å²) in [6, 6.07) is 5.50. The predicted molar refractivity (Wildman–Crippen MR) is 66.4 cm³/mol. The second-order valence-corrected chi connectivity index (χ2v) is 4.78. The number of benzene rings is 1. The summed E-state index contributed by atoms with van der Waals surface area (Å²) in [6.07, 6.45) is 1.68. The van der Waals surface area contributed by atoms with E-state index < -0.39 is 0 Å². The van der Waals surface area contributed by atoms with Crippen LogP contribution >= 0.6 is 23.4 Å². The van der Waals surface area contributed by atoms with Crippen molar-refractivity contribution in [3.8, 4) is 0 Å². The van der Waals surface area contributed by atoms with Crippen LogP contribution in [0.1, 0.15) is 5.82 Å². The van der Waals surface area contributed by atoms with Gasteiger partial charge >= 0.3 is 0 Å². The van der Waals surface area contributed by atoms with Gasteiger partial charge in [0.2, 0.25) is 0 Å². The van der Waals surface area contributed by atoms with Crippen molar-refractivity contribution < 1.29 is 0 Å². The van der Waals surface area contributed by atoms with E-state index in [1.807, 2.05) is 23.7 Å². The minimum Gasteiger partial charge on any atom is -0.398 e. The minimum absolute atomic E-state index is 0.653. The Kier molecular flexibility index (Phi) is 3.36. The number of nitrogens with zero attached hydrogens (tertiary/aromatic N) is 3. The number of halogens is 1. The first kappa shape index (κ1) is 11.3. The lowest BCUT2D eigenvalue weighted by Gasteiger charge is -2.05. The average Bonchev–Trinajstić information content (AvgIpc) is 2.63. The highest BCUT2D eigenvalue weighted by Crippen LogP contribution is 2.29. The number of aryl methyl sites for hydroxylation is 1. The van der Waals surface area contributed by atoms with E-state index >= 15 is 0 Å². The van der Waals surface area contributed by atoms with E-state index in [4.69, 9.17) is 17.3 Å². The highest BCUT2D eigenvalue weighted by atomic mass is 35.5. The molecular weight excluding hydrogens is 244 g/mol. The lowest BCUT2D eigenvalue weighted by molar-refractivity contribution is 0.849. The van der Waals surface area contributed by atoms with Crippen LogP contribution in [-0.2, 0) is 12.8 Å². The molecule has 0 spiro atoms. The number of thioether (sulfide) groups is 1. The van der Waals surface area contributed by atoms with Crippen LogP contribution in [0.2, 0.25) is 5.02 Å². The first-order chi connectivity index (χ1) is 7.66. The second kappa shape index (κ2) is 4.76. The summed E-state index contributed by atoms with van der Waals surface area (Å²) in [5, 5.41) is 8.47. The molecule has 0 unspecified atom stereocenters. The molecule has 4 nitrogen and oxygen atoms in total. The molecule has 0 aliphatic carbocycles. The number of hydrogen-bond donors (Lipinski definition) is 1. The Morgan fingerprint density at radius 2 is 2.31 bits per heavy atom. The quantitative estimate of drug-likeness (QED) is 0.675. The topological polar surface area (TPSA) is 56.7 Å². The summed E-state index contributed by atoms with van der Waals surface area (Å²) in [6.45, 7) is 0. The zero-order chi connectivity index (χ0) is 11.5. The first-order valence-corrected chi connectivity index (χ1v) is 6.04. The highest BCUT2D eigenvalue weighted by Gasteiger charge is 2.04. The van der Waals surface area contributed by atoms with Crippen LogP contribution in [0.3, 0.4) is 0 Å². The van der Waals surface area contributed by atoms with Crippen LogP contribution in [-0.4, -0.2) is 14.8 Å². The van der Waals surface area contributed by atoms with Crippen molar-refractivity contribution in [1.29, 1.82) is 0 Å². The van der Waals surface area contributed by atoms with Crippen molar-refractivity contribution in [2.75, 3.05) is 5.73 Å². The monoisotopic (exact) mass is 254 g/mol. The van der Waals surface area contributed by atoms with Gasteiger partial charge in [0, 0.05) is 22.7 Å². The van der Waals surface area contributed by atoms with Crippen LogP contribution in [0.25, 0.3) is 0 Å². The molecule has 0 bridgehead atoms. The lowest BCUT2D eigenvalue weighted by Crippen LogP contribution is -1.95. The van der Waals surface area contributed by atoms with Gasteiger partial charge in [0.15, 0.2) is 0 Å². The smallest absolute Gasteiger partial charge is 0.142 e.